The van der Waals surface area contributed by atoms with Gasteiger partial charge in [0.1, 0.15) is 4.20 Å². The highest BCUT2D eigenvalue weighted by molar-refractivity contribution is 8.12. The van der Waals surface area contributed by atoms with Crippen molar-refractivity contribution < 1.29 is 0 Å². The third-order valence-corrected chi connectivity index (χ3v) is 0.705. The molecule has 0 saturated heterocycles. The fourth-order valence-corrected chi connectivity index (χ4v) is 0.321. The van der Waals surface area contributed by atoms with Gasteiger partial charge in [0.05, 0.1) is 0 Å². The Labute approximate surface area is 77.2 Å². The summed E-state index contributed by atoms with van der Waals surface area (Å²) in [5, 5.41) is 0. The minimum absolute atomic E-state index is 0.309. The van der Waals surface area contributed by atoms with Gasteiger partial charge in [0.15, 0.2) is 0 Å². The first-order valence-electron chi connectivity index (χ1n) is 2.47. The molecular weight excluding hydrogens is 172 g/mol. The molecule has 0 fully saturated rings. The molecule has 2 heteroatoms. The van der Waals surface area contributed by atoms with Crippen LogP contribution in [0.5, 0.6) is 0 Å². The van der Waals surface area contributed by atoms with E-state index in [1.54, 1.807) is 0 Å². The standard InChI is InChI=1S/C9H2S2/c1-2-3-4-5-6-7-8-9(10)11/h1H,(H,10,11). The van der Waals surface area contributed by atoms with E-state index in [0.717, 1.165) is 0 Å². The van der Waals surface area contributed by atoms with Crippen LogP contribution in [0.4, 0.5) is 0 Å². The zero-order valence-electron chi connectivity index (χ0n) is 5.43. The molecule has 0 aliphatic heterocycles. The lowest BCUT2D eigenvalue weighted by Crippen LogP contribution is -1.68. The summed E-state index contributed by atoms with van der Waals surface area (Å²) < 4.78 is 0.309. The van der Waals surface area contributed by atoms with Gasteiger partial charge >= 0.3 is 0 Å². The summed E-state index contributed by atoms with van der Waals surface area (Å²) in [6, 6.07) is 0. The summed E-state index contributed by atoms with van der Waals surface area (Å²) in [6.45, 7) is 0. The van der Waals surface area contributed by atoms with E-state index in [1.807, 2.05) is 0 Å². The van der Waals surface area contributed by atoms with Crippen molar-refractivity contribution in [1.82, 2.24) is 0 Å². The molecule has 0 saturated carbocycles. The van der Waals surface area contributed by atoms with Crippen LogP contribution >= 0.6 is 24.8 Å². The first-order valence-corrected chi connectivity index (χ1v) is 3.32. The molecule has 0 amide bonds. The molecule has 0 unspecified atom stereocenters. The second kappa shape index (κ2) is 6.80. The van der Waals surface area contributed by atoms with Gasteiger partial charge in [-0.2, -0.15) is 0 Å². The van der Waals surface area contributed by atoms with Crippen molar-refractivity contribution in [3.8, 4) is 47.9 Å². The molecule has 0 aliphatic rings. The molecule has 0 N–H and O–H groups in total. The summed E-state index contributed by atoms with van der Waals surface area (Å²) in [5.41, 5.74) is 0. The van der Waals surface area contributed by atoms with Gasteiger partial charge in [-0.1, -0.05) is 12.2 Å². The number of hydrogen-bond acceptors (Lipinski definition) is 1. The van der Waals surface area contributed by atoms with Crippen molar-refractivity contribution in [3.63, 3.8) is 0 Å². The number of terminal acetylenes is 1. The van der Waals surface area contributed by atoms with Crippen LogP contribution < -0.4 is 0 Å². The first kappa shape index (κ1) is 9.68. The smallest absolute Gasteiger partial charge is 0.118 e. The fourth-order valence-electron chi connectivity index (χ4n) is 0.215. The topological polar surface area (TPSA) is 0 Å². The Bertz CT molecular complexity index is 363. The zero-order valence-corrected chi connectivity index (χ0v) is 7.14. The highest BCUT2D eigenvalue weighted by Gasteiger charge is 1.69. The maximum Gasteiger partial charge on any atom is 0.118 e. The van der Waals surface area contributed by atoms with Crippen LogP contribution in [0.3, 0.4) is 0 Å². The minimum Gasteiger partial charge on any atom is -0.123 e. The number of thiol groups is 1. The maximum absolute atomic E-state index is 4.83. The van der Waals surface area contributed by atoms with E-state index in [-0.39, 0.29) is 0 Å². The van der Waals surface area contributed by atoms with Gasteiger partial charge in [0, 0.05) is 0 Å². The molecule has 0 aliphatic carbocycles. The lowest BCUT2D eigenvalue weighted by atomic mass is 10.5. The lowest BCUT2D eigenvalue weighted by Gasteiger charge is -1.65. The van der Waals surface area contributed by atoms with Crippen molar-refractivity contribution >= 4 is 29.0 Å². The molecule has 0 spiro atoms. The molecule has 0 nitrogen and oxygen atoms in total. The van der Waals surface area contributed by atoms with E-state index in [9.17, 15) is 0 Å². The predicted molar refractivity (Wildman–Crippen MR) is 53.7 cm³/mol. The predicted octanol–water partition coefficient (Wildman–Crippen LogP) is 0.887. The highest BCUT2D eigenvalue weighted by Crippen LogP contribution is 1.76. The second-order valence-electron chi connectivity index (χ2n) is 1.20. The molecule has 0 aromatic heterocycles. The van der Waals surface area contributed by atoms with Crippen LogP contribution in [0.15, 0.2) is 0 Å². The van der Waals surface area contributed by atoms with Gasteiger partial charge in [0.2, 0.25) is 0 Å². The molecular formula is C9H2S2. The van der Waals surface area contributed by atoms with Crippen LogP contribution in [-0.4, -0.2) is 4.20 Å². The molecule has 0 rings (SSSR count). The molecule has 0 radical (unpaired) electrons. The third kappa shape index (κ3) is 8.68. The third-order valence-electron chi connectivity index (χ3n) is 0.492. The van der Waals surface area contributed by atoms with Gasteiger partial charge in [-0.25, -0.2) is 0 Å². The minimum atomic E-state index is 0.309. The Balaban J connectivity index is 4.08. The van der Waals surface area contributed by atoms with Crippen LogP contribution in [0, 0.1) is 47.9 Å². The molecule has 0 heterocycles. The van der Waals surface area contributed by atoms with E-state index in [2.05, 4.69) is 66.3 Å². The monoisotopic (exact) mass is 174 g/mol. The van der Waals surface area contributed by atoms with Crippen LogP contribution in [-0.2, 0) is 0 Å². The van der Waals surface area contributed by atoms with Gasteiger partial charge in [-0.3, -0.25) is 0 Å². The van der Waals surface area contributed by atoms with Gasteiger partial charge in [0.25, 0.3) is 0 Å². The van der Waals surface area contributed by atoms with E-state index >= 15 is 0 Å². The molecule has 11 heavy (non-hydrogen) atoms. The number of rotatable bonds is 0. The number of hydrogen-bond donors (Lipinski definition) is 1. The molecule has 0 atom stereocenters. The van der Waals surface area contributed by atoms with Crippen LogP contribution in [0.1, 0.15) is 0 Å². The lowest BCUT2D eigenvalue weighted by molar-refractivity contribution is 2.40. The Morgan fingerprint density at radius 1 is 1.09 bits per heavy atom. The largest absolute Gasteiger partial charge is 0.123 e. The van der Waals surface area contributed by atoms with E-state index in [4.69, 9.17) is 6.42 Å². The summed E-state index contributed by atoms with van der Waals surface area (Å²) in [4.78, 5) is 0. The Kier molecular flexibility index (Phi) is 5.98. The molecule has 50 valence electrons. The SMILES string of the molecule is C#CC#CC#CC#CC(=S)S. The average Bonchev–Trinajstić information content (AvgIpc) is 1.96. The van der Waals surface area contributed by atoms with E-state index in [1.165, 1.54) is 0 Å². The maximum atomic E-state index is 4.83. The Morgan fingerprint density at radius 3 is 2.18 bits per heavy atom. The van der Waals surface area contributed by atoms with Crippen molar-refractivity contribution in [2.45, 2.75) is 0 Å². The summed E-state index contributed by atoms with van der Waals surface area (Å²) in [5.74, 6) is 16.6. The average molecular weight is 174 g/mol. The van der Waals surface area contributed by atoms with Crippen molar-refractivity contribution in [3.05, 3.63) is 0 Å². The van der Waals surface area contributed by atoms with Gasteiger partial charge in [-0.05, 0) is 41.4 Å². The zero-order chi connectivity index (χ0) is 8.53. The van der Waals surface area contributed by atoms with Crippen molar-refractivity contribution in [2.24, 2.45) is 0 Å². The Hall–Kier alpha value is -1.32. The molecule has 0 bridgehead atoms. The molecule has 0 aromatic carbocycles. The van der Waals surface area contributed by atoms with E-state index in [0.29, 0.717) is 4.20 Å². The van der Waals surface area contributed by atoms with Crippen molar-refractivity contribution in [1.29, 1.82) is 0 Å². The van der Waals surface area contributed by atoms with Gasteiger partial charge < -0.3 is 0 Å². The Morgan fingerprint density at radius 2 is 1.64 bits per heavy atom. The summed E-state index contributed by atoms with van der Waals surface area (Å²) in [6.07, 6.45) is 4.83. The normalized spacial score (nSPS) is 4.73. The van der Waals surface area contributed by atoms with E-state index < -0.39 is 0 Å². The second-order valence-corrected chi connectivity index (χ2v) is 2.36. The summed E-state index contributed by atoms with van der Waals surface area (Å²) >= 11 is 8.31. The summed E-state index contributed by atoms with van der Waals surface area (Å²) in [7, 11) is 0. The van der Waals surface area contributed by atoms with Crippen LogP contribution in [0.2, 0.25) is 0 Å². The quantitative estimate of drug-likeness (QED) is 0.323. The fraction of sp³-hybridized carbons (Fsp3) is 0. The number of thiocarbonyl (C=S) groups is 1. The van der Waals surface area contributed by atoms with Crippen LogP contribution in [0.25, 0.3) is 0 Å². The first-order chi connectivity index (χ1) is 5.27. The molecule has 0 aromatic rings. The van der Waals surface area contributed by atoms with Crippen molar-refractivity contribution in [2.75, 3.05) is 0 Å². The highest BCUT2D eigenvalue weighted by atomic mass is 32.1. The van der Waals surface area contributed by atoms with Gasteiger partial charge in [-0.15, -0.1) is 19.1 Å².